The number of rotatable bonds is 7. The minimum Gasteiger partial charge on any atom is -0.493 e. The Labute approximate surface area is 207 Å². The van der Waals surface area contributed by atoms with E-state index in [1.165, 1.54) is 25.3 Å². The molecule has 2 aromatic rings. The summed E-state index contributed by atoms with van der Waals surface area (Å²) in [6.45, 7) is -0.523. The van der Waals surface area contributed by atoms with Crippen molar-refractivity contribution >= 4 is 81.2 Å². The number of carboxylic acids is 1. The zero-order chi connectivity index (χ0) is 24.1. The van der Waals surface area contributed by atoms with Gasteiger partial charge in [-0.1, -0.05) is 41.0 Å². The summed E-state index contributed by atoms with van der Waals surface area (Å²) in [5, 5.41) is 12.8. The molecule has 0 unspecified atom stereocenters. The number of benzene rings is 2. The van der Waals surface area contributed by atoms with E-state index < -0.39 is 24.5 Å². The Morgan fingerprint density at radius 2 is 1.94 bits per heavy atom. The van der Waals surface area contributed by atoms with Crippen LogP contribution in [0.15, 0.2) is 41.3 Å². The Morgan fingerprint density at radius 3 is 2.61 bits per heavy atom. The van der Waals surface area contributed by atoms with Crippen LogP contribution >= 0.6 is 47.2 Å². The number of carboxylic acid groups (broad SMARTS) is 1. The van der Waals surface area contributed by atoms with Crippen LogP contribution < -0.4 is 20.2 Å². The third-order valence-electron chi connectivity index (χ3n) is 4.02. The number of carbonyl (C=O) groups is 3. The topological polar surface area (TPSA) is 117 Å². The summed E-state index contributed by atoms with van der Waals surface area (Å²) in [6, 6.07) is 8.56. The molecular weight excluding hydrogens is 513 g/mol. The lowest BCUT2D eigenvalue weighted by Crippen LogP contribution is -2.46. The Kier molecular flexibility index (Phi) is 8.03. The van der Waals surface area contributed by atoms with Crippen molar-refractivity contribution < 1.29 is 29.0 Å². The molecule has 0 radical (unpaired) electrons. The van der Waals surface area contributed by atoms with Crippen LogP contribution in [-0.4, -0.2) is 46.1 Å². The lowest BCUT2D eigenvalue weighted by Gasteiger charge is -2.16. The Bertz CT molecular complexity index is 1170. The fourth-order valence-corrected chi connectivity index (χ4v) is 4.06. The van der Waals surface area contributed by atoms with E-state index >= 15 is 0 Å². The molecule has 1 aliphatic rings. The van der Waals surface area contributed by atoms with E-state index in [0.29, 0.717) is 22.0 Å². The standard InChI is InChI=1S/C20H15Cl2N3O6S2/c1-30-15-6-10(2-5-14(15)31-9-17(26)27)7-16-18(28)25(20(32)33-16)24-19(29)23-11-3-4-12(21)13(22)8-11/h2-8H,9H2,1H3,(H,26,27)(H2,23,24,29)/b16-7+. The van der Waals surface area contributed by atoms with Crippen LogP contribution in [-0.2, 0) is 9.59 Å². The maximum absolute atomic E-state index is 12.8. The molecule has 0 bridgehead atoms. The smallest absolute Gasteiger partial charge is 0.341 e. The van der Waals surface area contributed by atoms with Crippen molar-refractivity contribution in [3.8, 4) is 11.5 Å². The Morgan fingerprint density at radius 1 is 1.18 bits per heavy atom. The molecule has 0 atom stereocenters. The van der Waals surface area contributed by atoms with Gasteiger partial charge in [0.2, 0.25) is 0 Å². The summed E-state index contributed by atoms with van der Waals surface area (Å²) < 4.78 is 10.5. The number of methoxy groups -OCH3 is 1. The number of thioether (sulfide) groups is 1. The number of hydrogen-bond acceptors (Lipinski definition) is 7. The first-order chi connectivity index (χ1) is 15.7. The van der Waals surface area contributed by atoms with Gasteiger partial charge in [0, 0.05) is 5.69 Å². The molecule has 0 saturated carbocycles. The van der Waals surface area contributed by atoms with Gasteiger partial charge in [0.25, 0.3) is 5.91 Å². The predicted octanol–water partition coefficient (Wildman–Crippen LogP) is 4.40. The minimum atomic E-state index is -1.12. The van der Waals surface area contributed by atoms with Crippen molar-refractivity contribution in [3.63, 3.8) is 0 Å². The first kappa shape index (κ1) is 24.6. The van der Waals surface area contributed by atoms with Gasteiger partial charge >= 0.3 is 12.0 Å². The molecule has 33 heavy (non-hydrogen) atoms. The fourth-order valence-electron chi connectivity index (χ4n) is 2.58. The van der Waals surface area contributed by atoms with Gasteiger partial charge in [0.05, 0.1) is 22.1 Å². The molecule has 0 spiro atoms. The van der Waals surface area contributed by atoms with Gasteiger partial charge in [0.15, 0.2) is 22.4 Å². The number of carbonyl (C=O) groups excluding carboxylic acids is 2. The molecule has 9 nitrogen and oxygen atoms in total. The number of halogens is 2. The molecule has 1 aliphatic heterocycles. The van der Waals surface area contributed by atoms with Crippen LogP contribution in [0.25, 0.3) is 6.08 Å². The maximum atomic E-state index is 12.8. The number of hydrazine groups is 1. The molecule has 172 valence electrons. The number of thiocarbonyl (C=S) groups is 1. The average Bonchev–Trinajstić information content (AvgIpc) is 3.02. The summed E-state index contributed by atoms with van der Waals surface area (Å²) in [7, 11) is 1.41. The lowest BCUT2D eigenvalue weighted by molar-refractivity contribution is -0.139. The number of urea groups is 1. The van der Waals surface area contributed by atoms with Gasteiger partial charge < -0.3 is 19.9 Å². The second-order valence-electron chi connectivity index (χ2n) is 6.30. The van der Waals surface area contributed by atoms with Gasteiger partial charge in [-0.25, -0.2) is 15.0 Å². The normalized spacial score (nSPS) is 14.4. The van der Waals surface area contributed by atoms with Crippen molar-refractivity contribution in [3.05, 3.63) is 56.9 Å². The van der Waals surface area contributed by atoms with E-state index in [4.69, 9.17) is 50.0 Å². The van der Waals surface area contributed by atoms with Crippen molar-refractivity contribution in [1.82, 2.24) is 10.4 Å². The minimum absolute atomic E-state index is 0.129. The van der Waals surface area contributed by atoms with Crippen LogP contribution in [0, 0.1) is 0 Å². The first-order valence-electron chi connectivity index (χ1n) is 9.01. The maximum Gasteiger partial charge on any atom is 0.341 e. The van der Waals surface area contributed by atoms with Crippen LogP contribution in [0.1, 0.15) is 5.56 Å². The summed E-state index contributed by atoms with van der Waals surface area (Å²) in [6.07, 6.45) is 1.56. The molecule has 0 aliphatic carbocycles. The predicted molar refractivity (Wildman–Crippen MR) is 130 cm³/mol. The third kappa shape index (κ3) is 6.29. The Hall–Kier alpha value is -2.99. The van der Waals surface area contributed by atoms with Crippen LogP contribution in [0.4, 0.5) is 10.5 Å². The molecular formula is C20H15Cl2N3O6S2. The van der Waals surface area contributed by atoms with Crippen molar-refractivity contribution in [2.45, 2.75) is 0 Å². The highest BCUT2D eigenvalue weighted by molar-refractivity contribution is 8.26. The van der Waals surface area contributed by atoms with Gasteiger partial charge in [-0.15, -0.1) is 0 Å². The molecule has 1 heterocycles. The number of anilines is 1. The second kappa shape index (κ2) is 10.8. The fraction of sp³-hybridized carbons (Fsp3) is 0.100. The lowest BCUT2D eigenvalue weighted by atomic mass is 10.2. The number of ether oxygens (including phenoxy) is 2. The van der Waals surface area contributed by atoms with Crippen molar-refractivity contribution in [2.24, 2.45) is 0 Å². The molecule has 2 aromatic carbocycles. The summed E-state index contributed by atoms with van der Waals surface area (Å²) >= 11 is 18.0. The van der Waals surface area contributed by atoms with Gasteiger partial charge in [-0.05, 0) is 54.2 Å². The second-order valence-corrected chi connectivity index (χ2v) is 8.79. The van der Waals surface area contributed by atoms with Crippen LogP contribution in [0.5, 0.6) is 11.5 Å². The first-order valence-corrected chi connectivity index (χ1v) is 11.0. The monoisotopic (exact) mass is 527 g/mol. The van der Waals surface area contributed by atoms with Crippen LogP contribution in [0.2, 0.25) is 10.0 Å². The van der Waals surface area contributed by atoms with Crippen molar-refractivity contribution in [2.75, 3.05) is 19.0 Å². The van der Waals surface area contributed by atoms with Gasteiger partial charge in [-0.3, -0.25) is 4.79 Å². The van der Waals surface area contributed by atoms with E-state index in [2.05, 4.69) is 10.7 Å². The van der Waals surface area contributed by atoms with E-state index in [-0.39, 0.29) is 20.0 Å². The average molecular weight is 528 g/mol. The van der Waals surface area contributed by atoms with E-state index in [9.17, 15) is 14.4 Å². The highest BCUT2D eigenvalue weighted by Gasteiger charge is 2.33. The number of nitrogens with zero attached hydrogens (tertiary/aromatic N) is 1. The molecule has 3 amide bonds. The zero-order valence-electron chi connectivity index (χ0n) is 16.8. The molecule has 3 rings (SSSR count). The number of amides is 3. The van der Waals surface area contributed by atoms with E-state index in [1.807, 2.05) is 0 Å². The van der Waals surface area contributed by atoms with E-state index in [1.54, 1.807) is 24.3 Å². The summed E-state index contributed by atoms with van der Waals surface area (Å²) in [4.78, 5) is 36.0. The third-order valence-corrected chi connectivity index (χ3v) is 6.06. The largest absolute Gasteiger partial charge is 0.493 e. The number of aliphatic carboxylic acids is 1. The molecule has 1 saturated heterocycles. The molecule has 13 heteroatoms. The highest BCUT2D eigenvalue weighted by atomic mass is 35.5. The molecule has 1 fully saturated rings. The SMILES string of the molecule is COc1cc(/C=C2/SC(=S)N(NC(=O)Nc3ccc(Cl)c(Cl)c3)C2=O)ccc1OCC(=O)O. The summed E-state index contributed by atoms with van der Waals surface area (Å²) in [5.41, 5.74) is 3.34. The number of hydrogen-bond donors (Lipinski definition) is 3. The highest BCUT2D eigenvalue weighted by Crippen LogP contribution is 2.34. The van der Waals surface area contributed by atoms with Crippen molar-refractivity contribution in [1.29, 1.82) is 0 Å². The van der Waals surface area contributed by atoms with E-state index in [0.717, 1.165) is 16.8 Å². The Balaban J connectivity index is 1.70. The zero-order valence-corrected chi connectivity index (χ0v) is 19.9. The quantitative estimate of drug-likeness (QED) is 0.358. The summed E-state index contributed by atoms with van der Waals surface area (Å²) in [5.74, 6) is -1.12. The van der Waals surface area contributed by atoms with Gasteiger partial charge in [0.1, 0.15) is 0 Å². The molecule has 3 N–H and O–H groups in total. The van der Waals surface area contributed by atoms with Crippen LogP contribution in [0.3, 0.4) is 0 Å². The van der Waals surface area contributed by atoms with Gasteiger partial charge in [-0.2, -0.15) is 5.01 Å². The molecule has 0 aromatic heterocycles. The number of nitrogens with one attached hydrogen (secondary N) is 2.